The molecule has 0 atom stereocenters. The van der Waals surface area contributed by atoms with Crippen LogP contribution in [-0.4, -0.2) is 18.2 Å². The zero-order valence-electron chi connectivity index (χ0n) is 14.6. The van der Waals surface area contributed by atoms with Crippen LogP contribution in [-0.2, 0) is 0 Å². The van der Waals surface area contributed by atoms with Gasteiger partial charge in [-0.25, -0.2) is 4.39 Å². The number of nitrogens with zero attached hydrogens (tertiary/aromatic N) is 1. The minimum Gasteiger partial charge on any atom is -0.372 e. The molecule has 0 saturated carbocycles. The smallest absolute Gasteiger partial charge is 0.175 e. The van der Waals surface area contributed by atoms with E-state index in [1.807, 2.05) is 6.07 Å². The first-order valence-electron chi connectivity index (χ1n) is 8.14. The van der Waals surface area contributed by atoms with E-state index >= 15 is 0 Å². The van der Waals surface area contributed by atoms with Gasteiger partial charge < -0.3 is 15.5 Å². The molecule has 24 heavy (non-hydrogen) atoms. The van der Waals surface area contributed by atoms with Crippen molar-refractivity contribution in [3.63, 3.8) is 0 Å². The van der Waals surface area contributed by atoms with Crippen molar-refractivity contribution in [2.75, 3.05) is 28.6 Å². The van der Waals surface area contributed by atoms with Crippen molar-refractivity contribution in [1.29, 1.82) is 0 Å². The van der Waals surface area contributed by atoms with Gasteiger partial charge in [-0.3, -0.25) is 0 Å². The second kappa shape index (κ2) is 8.11. The Morgan fingerprint density at radius 3 is 2.29 bits per heavy atom. The van der Waals surface area contributed by atoms with Crippen LogP contribution in [0.4, 0.5) is 21.5 Å². The molecule has 0 bridgehead atoms. The summed E-state index contributed by atoms with van der Waals surface area (Å²) in [7, 11) is 0. The number of nitrogens with one attached hydrogen (secondary N) is 2. The van der Waals surface area contributed by atoms with Gasteiger partial charge in [0.15, 0.2) is 5.11 Å². The van der Waals surface area contributed by atoms with Crippen molar-refractivity contribution in [2.45, 2.75) is 27.7 Å². The zero-order chi connectivity index (χ0) is 17.7. The number of hydrogen-bond acceptors (Lipinski definition) is 2. The summed E-state index contributed by atoms with van der Waals surface area (Å²) in [6, 6.07) is 11.1. The number of thiocarbonyl (C=S) groups is 1. The minimum absolute atomic E-state index is 0.220. The Balaban J connectivity index is 2.07. The first-order valence-corrected chi connectivity index (χ1v) is 8.55. The van der Waals surface area contributed by atoms with Crippen molar-refractivity contribution >= 4 is 34.4 Å². The summed E-state index contributed by atoms with van der Waals surface area (Å²) in [4.78, 5) is 2.30. The molecular formula is C19H24FN3S. The molecule has 5 heteroatoms. The largest absolute Gasteiger partial charge is 0.372 e. The lowest BCUT2D eigenvalue weighted by atomic mass is 10.1. The van der Waals surface area contributed by atoms with E-state index in [0.717, 1.165) is 30.0 Å². The summed E-state index contributed by atoms with van der Waals surface area (Å²) in [5, 5.41) is 6.78. The molecular weight excluding hydrogens is 321 g/mol. The lowest BCUT2D eigenvalue weighted by Gasteiger charge is -2.22. The molecule has 0 fully saturated rings. The molecule has 2 aromatic rings. The first kappa shape index (κ1) is 18.2. The lowest BCUT2D eigenvalue weighted by molar-refractivity contribution is 0.619. The van der Waals surface area contributed by atoms with Gasteiger partial charge in [-0.05, 0) is 87.4 Å². The SMILES string of the molecule is CCN(CC)c1ccc(NC(=S)Nc2ccc(F)c(C)c2)c(C)c1. The van der Waals surface area contributed by atoms with Crippen LogP contribution in [0.5, 0.6) is 0 Å². The maximum atomic E-state index is 13.3. The standard InChI is InChI=1S/C19H24FN3S/c1-5-23(6-2)16-8-10-18(14(4)12-16)22-19(24)21-15-7-9-17(20)13(3)11-15/h7-12H,5-6H2,1-4H3,(H2,21,22,24). The Labute approximate surface area is 148 Å². The van der Waals surface area contributed by atoms with E-state index in [-0.39, 0.29) is 5.82 Å². The van der Waals surface area contributed by atoms with Gasteiger partial charge in [0.05, 0.1) is 0 Å². The van der Waals surface area contributed by atoms with Crippen LogP contribution in [0.1, 0.15) is 25.0 Å². The molecule has 0 spiro atoms. The van der Waals surface area contributed by atoms with Crippen molar-refractivity contribution in [3.8, 4) is 0 Å². The molecule has 2 rings (SSSR count). The summed E-state index contributed by atoms with van der Waals surface area (Å²) >= 11 is 5.36. The van der Waals surface area contributed by atoms with Crippen molar-refractivity contribution in [2.24, 2.45) is 0 Å². The molecule has 0 unspecified atom stereocenters. The van der Waals surface area contributed by atoms with Gasteiger partial charge >= 0.3 is 0 Å². The lowest BCUT2D eigenvalue weighted by Crippen LogP contribution is -2.22. The fourth-order valence-electron chi connectivity index (χ4n) is 2.58. The third-order valence-corrected chi connectivity index (χ3v) is 4.21. The van der Waals surface area contributed by atoms with E-state index < -0.39 is 0 Å². The fraction of sp³-hybridized carbons (Fsp3) is 0.316. The number of benzene rings is 2. The van der Waals surface area contributed by atoms with E-state index in [4.69, 9.17) is 12.2 Å². The van der Waals surface area contributed by atoms with Crippen LogP contribution in [0.3, 0.4) is 0 Å². The molecule has 0 aromatic heterocycles. The monoisotopic (exact) mass is 345 g/mol. The highest BCUT2D eigenvalue weighted by molar-refractivity contribution is 7.80. The van der Waals surface area contributed by atoms with Crippen molar-refractivity contribution in [3.05, 3.63) is 53.3 Å². The molecule has 0 heterocycles. The topological polar surface area (TPSA) is 27.3 Å². The number of anilines is 3. The van der Waals surface area contributed by atoms with E-state index in [0.29, 0.717) is 10.7 Å². The highest BCUT2D eigenvalue weighted by Crippen LogP contribution is 2.23. The van der Waals surface area contributed by atoms with Gasteiger partial charge in [-0.1, -0.05) is 0 Å². The molecule has 0 radical (unpaired) electrons. The summed E-state index contributed by atoms with van der Waals surface area (Å²) in [6.45, 7) is 10.0. The molecule has 128 valence electrons. The quantitative estimate of drug-likeness (QED) is 0.738. The Morgan fingerprint density at radius 1 is 1.00 bits per heavy atom. The highest BCUT2D eigenvalue weighted by Gasteiger charge is 2.07. The Kier molecular flexibility index (Phi) is 6.15. The first-order chi connectivity index (χ1) is 11.4. The Morgan fingerprint density at radius 2 is 1.71 bits per heavy atom. The summed E-state index contributed by atoms with van der Waals surface area (Å²) in [6.07, 6.45) is 0. The molecule has 3 nitrogen and oxygen atoms in total. The van der Waals surface area contributed by atoms with Gasteiger partial charge in [0.25, 0.3) is 0 Å². The van der Waals surface area contributed by atoms with Gasteiger partial charge in [0.1, 0.15) is 5.82 Å². The molecule has 2 N–H and O–H groups in total. The van der Waals surface area contributed by atoms with Crippen LogP contribution in [0.2, 0.25) is 0 Å². The van der Waals surface area contributed by atoms with Crippen molar-refractivity contribution < 1.29 is 4.39 Å². The molecule has 2 aromatic carbocycles. The van der Waals surface area contributed by atoms with Crippen LogP contribution in [0.25, 0.3) is 0 Å². The predicted octanol–water partition coefficient (Wildman–Crippen LogP) is 5.10. The molecule has 0 amide bonds. The van der Waals surface area contributed by atoms with Crippen LogP contribution >= 0.6 is 12.2 Å². The number of rotatable bonds is 5. The van der Waals surface area contributed by atoms with E-state index in [2.05, 4.69) is 48.4 Å². The summed E-state index contributed by atoms with van der Waals surface area (Å²) in [5.41, 5.74) is 4.64. The highest BCUT2D eigenvalue weighted by atomic mass is 32.1. The average Bonchev–Trinajstić information content (AvgIpc) is 2.54. The van der Waals surface area contributed by atoms with E-state index in [1.54, 1.807) is 19.1 Å². The number of halogens is 1. The molecule has 0 aliphatic rings. The second-order valence-electron chi connectivity index (χ2n) is 5.71. The third-order valence-electron chi connectivity index (χ3n) is 4.00. The second-order valence-corrected chi connectivity index (χ2v) is 6.12. The number of aryl methyl sites for hydroxylation is 2. The average molecular weight is 345 g/mol. The normalized spacial score (nSPS) is 10.4. The Hall–Kier alpha value is -2.14. The summed E-state index contributed by atoms with van der Waals surface area (Å²) < 4.78 is 13.3. The Bertz CT molecular complexity index is 727. The molecule has 0 saturated heterocycles. The zero-order valence-corrected chi connectivity index (χ0v) is 15.4. The van der Waals surface area contributed by atoms with Crippen LogP contribution in [0.15, 0.2) is 36.4 Å². The van der Waals surface area contributed by atoms with Crippen LogP contribution in [0, 0.1) is 19.7 Å². The van der Waals surface area contributed by atoms with Gasteiger partial charge in [-0.2, -0.15) is 0 Å². The van der Waals surface area contributed by atoms with E-state index in [1.165, 1.54) is 11.8 Å². The van der Waals surface area contributed by atoms with Crippen molar-refractivity contribution in [1.82, 2.24) is 0 Å². The molecule has 0 aliphatic carbocycles. The third kappa shape index (κ3) is 4.45. The van der Waals surface area contributed by atoms with E-state index in [9.17, 15) is 4.39 Å². The minimum atomic E-state index is -0.220. The maximum Gasteiger partial charge on any atom is 0.175 e. The number of hydrogen-bond donors (Lipinski definition) is 2. The van der Waals surface area contributed by atoms with Gasteiger partial charge in [0.2, 0.25) is 0 Å². The van der Waals surface area contributed by atoms with Gasteiger partial charge in [-0.15, -0.1) is 0 Å². The van der Waals surface area contributed by atoms with Crippen LogP contribution < -0.4 is 15.5 Å². The predicted molar refractivity (Wildman–Crippen MR) is 106 cm³/mol. The maximum absolute atomic E-state index is 13.3. The molecule has 0 aliphatic heterocycles. The summed E-state index contributed by atoms with van der Waals surface area (Å²) in [5.74, 6) is -0.220. The van der Waals surface area contributed by atoms with Gasteiger partial charge in [0, 0.05) is 30.2 Å². The fourth-order valence-corrected chi connectivity index (χ4v) is 2.81.